The van der Waals surface area contributed by atoms with Gasteiger partial charge < -0.3 is 20.7 Å². The quantitative estimate of drug-likeness (QED) is 0.203. The summed E-state index contributed by atoms with van der Waals surface area (Å²) in [5.74, 6) is -0.561. The number of nitrogens with one attached hydrogen (secondary N) is 4. The van der Waals surface area contributed by atoms with Gasteiger partial charge in [0.1, 0.15) is 18.4 Å². The lowest BCUT2D eigenvalue weighted by molar-refractivity contribution is -0.274. The highest BCUT2D eigenvalue weighted by atomic mass is 35.5. The Morgan fingerprint density at radius 3 is 2.68 bits per heavy atom. The lowest BCUT2D eigenvalue weighted by Gasteiger charge is -2.12. The minimum atomic E-state index is -4.80. The van der Waals surface area contributed by atoms with Crippen LogP contribution in [0.2, 0.25) is 5.02 Å². The number of benzene rings is 2. The van der Waals surface area contributed by atoms with Crippen molar-refractivity contribution in [2.45, 2.75) is 25.7 Å². The van der Waals surface area contributed by atoms with Gasteiger partial charge in [0.2, 0.25) is 5.91 Å². The van der Waals surface area contributed by atoms with Crippen molar-refractivity contribution >= 4 is 34.1 Å². The Balaban J connectivity index is 1.14. The van der Waals surface area contributed by atoms with Crippen LogP contribution in [0.4, 0.5) is 18.9 Å². The van der Waals surface area contributed by atoms with E-state index >= 15 is 0 Å². The van der Waals surface area contributed by atoms with Gasteiger partial charge in [-0.2, -0.15) is 5.10 Å². The largest absolute Gasteiger partial charge is 0.573 e. The van der Waals surface area contributed by atoms with Crippen molar-refractivity contribution in [2.24, 2.45) is 0 Å². The van der Waals surface area contributed by atoms with Crippen LogP contribution < -0.4 is 20.7 Å². The van der Waals surface area contributed by atoms with Gasteiger partial charge in [-0.15, -0.1) is 23.4 Å². The standard InChI is InChI=1S/C23H24ClF3N8O2/c24-18-8-15(2-3-20(18)37-23(25,26)27)11-28-7-4-21(36)30-6-1-5-29-19-10-17(35-13-32-33-14-35)9-16-12-31-34-22(16)19/h2-3,8-10,12-14,28-29H,1,4-7,11H2,(H,30,36)(H,31,34). The fourth-order valence-corrected chi connectivity index (χ4v) is 3.83. The van der Waals surface area contributed by atoms with Crippen molar-refractivity contribution in [3.8, 4) is 11.4 Å². The smallest absolute Gasteiger partial charge is 0.404 e. The molecule has 0 unspecified atom stereocenters. The van der Waals surface area contributed by atoms with Gasteiger partial charge in [-0.25, -0.2) is 0 Å². The number of hydrogen-bond acceptors (Lipinski definition) is 7. The number of nitrogens with zero attached hydrogens (tertiary/aromatic N) is 4. The number of amides is 1. The van der Waals surface area contributed by atoms with Crippen LogP contribution in [0.15, 0.2) is 49.2 Å². The molecule has 0 atom stereocenters. The number of ether oxygens (including phenoxy) is 1. The first-order valence-corrected chi connectivity index (χ1v) is 11.7. The first kappa shape index (κ1) is 26.2. The maximum atomic E-state index is 12.3. The third-order valence-corrected chi connectivity index (χ3v) is 5.62. The fraction of sp³-hybridized carbons (Fsp3) is 0.304. The summed E-state index contributed by atoms with van der Waals surface area (Å²) in [4.78, 5) is 12.1. The molecule has 0 saturated heterocycles. The van der Waals surface area contributed by atoms with E-state index in [4.69, 9.17) is 11.6 Å². The van der Waals surface area contributed by atoms with E-state index in [1.807, 2.05) is 12.1 Å². The van der Waals surface area contributed by atoms with E-state index in [1.165, 1.54) is 12.1 Å². The van der Waals surface area contributed by atoms with E-state index in [2.05, 4.69) is 41.1 Å². The molecule has 0 spiro atoms. The monoisotopic (exact) mass is 536 g/mol. The number of anilines is 1. The zero-order chi connectivity index (χ0) is 26.3. The second-order valence-electron chi connectivity index (χ2n) is 8.07. The maximum absolute atomic E-state index is 12.3. The molecule has 196 valence electrons. The predicted octanol–water partition coefficient (Wildman–Crippen LogP) is 3.79. The number of halogens is 4. The number of fused-ring (bicyclic) bond motifs is 1. The number of carbonyl (C=O) groups is 1. The van der Waals surface area contributed by atoms with Crippen LogP contribution in [0.1, 0.15) is 18.4 Å². The molecule has 2 heterocycles. The molecule has 2 aromatic carbocycles. The summed E-state index contributed by atoms with van der Waals surface area (Å²) >= 11 is 5.84. The molecular formula is C23H24ClF3N8O2. The summed E-state index contributed by atoms with van der Waals surface area (Å²) in [7, 11) is 0. The third kappa shape index (κ3) is 7.57. The normalized spacial score (nSPS) is 11.6. The number of H-pyrrole nitrogens is 1. The Morgan fingerprint density at radius 2 is 1.92 bits per heavy atom. The Bertz CT molecular complexity index is 1330. The average molecular weight is 537 g/mol. The van der Waals surface area contributed by atoms with Gasteiger partial charge >= 0.3 is 6.36 Å². The molecule has 0 aliphatic rings. The van der Waals surface area contributed by atoms with Crippen molar-refractivity contribution in [1.29, 1.82) is 0 Å². The van der Waals surface area contributed by atoms with Crippen molar-refractivity contribution in [3.63, 3.8) is 0 Å². The van der Waals surface area contributed by atoms with Crippen molar-refractivity contribution in [3.05, 3.63) is 59.8 Å². The zero-order valence-corrected chi connectivity index (χ0v) is 20.2. The van der Waals surface area contributed by atoms with E-state index in [1.54, 1.807) is 23.4 Å². The molecule has 1 amide bonds. The molecule has 0 bridgehead atoms. The van der Waals surface area contributed by atoms with Crippen LogP contribution in [0, 0.1) is 0 Å². The molecule has 4 aromatic rings. The highest BCUT2D eigenvalue weighted by Crippen LogP contribution is 2.30. The van der Waals surface area contributed by atoms with E-state index < -0.39 is 12.1 Å². The van der Waals surface area contributed by atoms with Crippen LogP contribution in [0.25, 0.3) is 16.6 Å². The van der Waals surface area contributed by atoms with Gasteiger partial charge in [0.25, 0.3) is 0 Å². The SMILES string of the molecule is O=C(CCNCc1ccc(OC(F)(F)F)c(Cl)c1)NCCCNc1cc(-n2cnnc2)cc2cn[nH]c12. The molecule has 0 saturated carbocycles. The molecule has 0 fully saturated rings. The molecule has 14 heteroatoms. The molecule has 4 rings (SSSR count). The topological polar surface area (TPSA) is 122 Å². The Morgan fingerprint density at radius 1 is 1.11 bits per heavy atom. The average Bonchev–Trinajstić information content (AvgIpc) is 3.54. The molecule has 0 aliphatic carbocycles. The van der Waals surface area contributed by atoms with E-state index in [-0.39, 0.29) is 17.4 Å². The highest BCUT2D eigenvalue weighted by Gasteiger charge is 2.32. The van der Waals surface area contributed by atoms with Crippen LogP contribution in [-0.2, 0) is 11.3 Å². The predicted molar refractivity (Wildman–Crippen MR) is 132 cm³/mol. The second-order valence-corrected chi connectivity index (χ2v) is 8.47. The first-order chi connectivity index (χ1) is 17.8. The lowest BCUT2D eigenvalue weighted by atomic mass is 10.2. The van der Waals surface area contributed by atoms with Crippen molar-refractivity contribution in [1.82, 2.24) is 35.6 Å². The number of hydrogen-bond donors (Lipinski definition) is 4. The zero-order valence-electron chi connectivity index (χ0n) is 19.5. The van der Waals surface area contributed by atoms with Crippen LogP contribution in [-0.4, -0.2) is 56.9 Å². The maximum Gasteiger partial charge on any atom is 0.573 e. The Hall–Kier alpha value is -3.84. The minimum absolute atomic E-state index is 0.106. The first-order valence-electron chi connectivity index (χ1n) is 11.4. The van der Waals surface area contributed by atoms with Crippen LogP contribution >= 0.6 is 11.6 Å². The molecular weight excluding hydrogens is 513 g/mol. The van der Waals surface area contributed by atoms with E-state index in [0.717, 1.165) is 28.3 Å². The minimum Gasteiger partial charge on any atom is -0.404 e. The number of aromatic nitrogens is 5. The Kier molecular flexibility index (Phi) is 8.46. The van der Waals surface area contributed by atoms with Gasteiger partial charge in [-0.1, -0.05) is 17.7 Å². The molecule has 0 aliphatic heterocycles. The fourth-order valence-electron chi connectivity index (χ4n) is 3.59. The summed E-state index contributed by atoms with van der Waals surface area (Å²) in [5.41, 5.74) is 3.34. The van der Waals surface area contributed by atoms with Crippen molar-refractivity contribution < 1.29 is 22.7 Å². The molecule has 4 N–H and O–H groups in total. The molecule has 2 aromatic heterocycles. The number of alkyl halides is 3. The van der Waals surface area contributed by atoms with Gasteiger partial charge in [-0.3, -0.25) is 14.5 Å². The van der Waals surface area contributed by atoms with E-state index in [9.17, 15) is 18.0 Å². The van der Waals surface area contributed by atoms with E-state index in [0.29, 0.717) is 38.2 Å². The highest BCUT2D eigenvalue weighted by molar-refractivity contribution is 6.32. The summed E-state index contributed by atoms with van der Waals surface area (Å²) in [6.45, 7) is 1.88. The van der Waals surface area contributed by atoms with Gasteiger partial charge in [0.15, 0.2) is 0 Å². The second kappa shape index (κ2) is 11.9. The van der Waals surface area contributed by atoms with Gasteiger partial charge in [-0.05, 0) is 36.2 Å². The number of aromatic amines is 1. The third-order valence-electron chi connectivity index (χ3n) is 5.32. The molecule has 0 radical (unpaired) electrons. The summed E-state index contributed by atoms with van der Waals surface area (Å²) in [6, 6.07) is 7.98. The molecule has 37 heavy (non-hydrogen) atoms. The van der Waals surface area contributed by atoms with Crippen LogP contribution in [0.5, 0.6) is 5.75 Å². The number of rotatable bonds is 12. The lowest BCUT2D eigenvalue weighted by Crippen LogP contribution is -2.29. The summed E-state index contributed by atoms with van der Waals surface area (Å²) in [5, 5.41) is 24.9. The number of carbonyl (C=O) groups excluding carboxylic acids is 1. The van der Waals surface area contributed by atoms with Crippen LogP contribution in [0.3, 0.4) is 0 Å². The Labute approximate surface area is 214 Å². The summed E-state index contributed by atoms with van der Waals surface area (Å²) in [6.07, 6.45) is 1.14. The summed E-state index contributed by atoms with van der Waals surface area (Å²) < 4.78 is 42.6. The van der Waals surface area contributed by atoms with Gasteiger partial charge in [0, 0.05) is 38.0 Å². The molecule has 10 nitrogen and oxygen atoms in total. The van der Waals surface area contributed by atoms with Crippen molar-refractivity contribution in [2.75, 3.05) is 25.0 Å². The van der Waals surface area contributed by atoms with Gasteiger partial charge in [0.05, 0.1) is 28.1 Å².